The number of carbonyl (C=O) groups is 1. The van der Waals surface area contributed by atoms with Crippen LogP contribution in [0.1, 0.15) is 29.4 Å². The quantitative estimate of drug-likeness (QED) is 0.875. The summed E-state index contributed by atoms with van der Waals surface area (Å²) in [6.07, 6.45) is 3.99. The molecule has 0 aliphatic rings. The number of H-pyrrole nitrogens is 1. The van der Waals surface area contributed by atoms with E-state index in [2.05, 4.69) is 15.5 Å². The minimum atomic E-state index is -0.243. The standard InChI is InChI=1S/C13H16N4O2/c1-3-6-17-8-10(4-5-12(17)18)15-13(19)11-7-14-16-9(11)2/h4-5,7-8H,3,6H2,1-2H3,(H,14,16)(H,15,19). The second-order valence-electron chi connectivity index (χ2n) is 4.31. The summed E-state index contributed by atoms with van der Waals surface area (Å²) in [5.41, 5.74) is 1.73. The van der Waals surface area contributed by atoms with Gasteiger partial charge in [-0.15, -0.1) is 0 Å². The number of hydrogen-bond acceptors (Lipinski definition) is 3. The molecule has 2 aromatic rings. The van der Waals surface area contributed by atoms with Crippen molar-refractivity contribution in [2.24, 2.45) is 0 Å². The van der Waals surface area contributed by atoms with Gasteiger partial charge in [-0.25, -0.2) is 0 Å². The van der Waals surface area contributed by atoms with Crippen LogP contribution in [0.15, 0.2) is 29.3 Å². The molecule has 0 unspecified atom stereocenters. The number of anilines is 1. The molecule has 2 rings (SSSR count). The zero-order valence-electron chi connectivity index (χ0n) is 10.9. The Hall–Kier alpha value is -2.37. The third kappa shape index (κ3) is 2.90. The molecule has 100 valence electrons. The molecule has 0 spiro atoms. The van der Waals surface area contributed by atoms with Gasteiger partial charge in [-0.1, -0.05) is 6.92 Å². The molecule has 0 bridgehead atoms. The Morgan fingerprint density at radius 1 is 1.47 bits per heavy atom. The van der Waals surface area contributed by atoms with Crippen molar-refractivity contribution in [3.05, 3.63) is 46.1 Å². The largest absolute Gasteiger partial charge is 0.321 e. The highest BCUT2D eigenvalue weighted by Crippen LogP contribution is 2.09. The second kappa shape index (κ2) is 5.51. The molecule has 0 radical (unpaired) electrons. The number of aromatic nitrogens is 3. The van der Waals surface area contributed by atoms with Gasteiger partial charge in [0, 0.05) is 24.5 Å². The first-order valence-electron chi connectivity index (χ1n) is 6.13. The Kier molecular flexibility index (Phi) is 3.79. The predicted octanol–water partition coefficient (Wildman–Crippen LogP) is 1.54. The predicted molar refractivity (Wildman–Crippen MR) is 72.3 cm³/mol. The molecule has 6 heteroatoms. The van der Waals surface area contributed by atoms with E-state index in [1.54, 1.807) is 23.8 Å². The topological polar surface area (TPSA) is 79.8 Å². The third-order valence-electron chi connectivity index (χ3n) is 2.78. The fraction of sp³-hybridized carbons (Fsp3) is 0.308. The van der Waals surface area contributed by atoms with Crippen molar-refractivity contribution in [2.45, 2.75) is 26.8 Å². The van der Waals surface area contributed by atoms with Crippen LogP contribution < -0.4 is 10.9 Å². The first-order chi connectivity index (χ1) is 9.11. The molecule has 0 atom stereocenters. The molecular weight excluding hydrogens is 244 g/mol. The summed E-state index contributed by atoms with van der Waals surface area (Å²) in [4.78, 5) is 23.6. The van der Waals surface area contributed by atoms with Crippen molar-refractivity contribution in [1.29, 1.82) is 0 Å². The molecule has 1 amide bonds. The minimum Gasteiger partial charge on any atom is -0.321 e. The molecule has 0 fully saturated rings. The lowest BCUT2D eigenvalue weighted by molar-refractivity contribution is 0.102. The number of hydrogen-bond donors (Lipinski definition) is 2. The molecule has 19 heavy (non-hydrogen) atoms. The van der Waals surface area contributed by atoms with E-state index in [1.165, 1.54) is 12.3 Å². The van der Waals surface area contributed by atoms with Gasteiger partial charge < -0.3 is 9.88 Å². The van der Waals surface area contributed by atoms with Crippen LogP contribution in [0.3, 0.4) is 0 Å². The fourth-order valence-corrected chi connectivity index (χ4v) is 1.80. The number of amides is 1. The first-order valence-corrected chi connectivity index (χ1v) is 6.13. The number of nitrogens with zero attached hydrogens (tertiary/aromatic N) is 2. The molecule has 0 aliphatic carbocycles. The highest BCUT2D eigenvalue weighted by molar-refractivity contribution is 6.04. The van der Waals surface area contributed by atoms with Crippen LogP contribution in [0.5, 0.6) is 0 Å². The number of aryl methyl sites for hydroxylation is 2. The molecule has 2 aromatic heterocycles. The number of rotatable bonds is 4. The molecule has 2 heterocycles. The smallest absolute Gasteiger partial charge is 0.259 e. The molecule has 0 aromatic carbocycles. The summed E-state index contributed by atoms with van der Waals surface area (Å²) in [6.45, 7) is 4.40. The SMILES string of the molecule is CCCn1cc(NC(=O)c2cn[nH]c2C)ccc1=O. The number of carbonyl (C=O) groups excluding carboxylic acids is 1. The van der Waals surface area contributed by atoms with Crippen molar-refractivity contribution >= 4 is 11.6 Å². The summed E-state index contributed by atoms with van der Waals surface area (Å²) in [5, 5.41) is 9.27. The van der Waals surface area contributed by atoms with Gasteiger partial charge in [0.1, 0.15) is 0 Å². The Morgan fingerprint density at radius 3 is 2.89 bits per heavy atom. The summed E-state index contributed by atoms with van der Waals surface area (Å²) >= 11 is 0. The van der Waals surface area contributed by atoms with Gasteiger partial charge in [-0.3, -0.25) is 14.7 Å². The van der Waals surface area contributed by atoms with Crippen molar-refractivity contribution < 1.29 is 4.79 Å². The van der Waals surface area contributed by atoms with E-state index in [1.807, 2.05) is 6.92 Å². The normalized spacial score (nSPS) is 10.4. The third-order valence-corrected chi connectivity index (χ3v) is 2.78. The second-order valence-corrected chi connectivity index (χ2v) is 4.31. The van der Waals surface area contributed by atoms with Gasteiger partial charge in [0.15, 0.2) is 0 Å². The van der Waals surface area contributed by atoms with E-state index in [-0.39, 0.29) is 11.5 Å². The van der Waals surface area contributed by atoms with Gasteiger partial charge >= 0.3 is 0 Å². The molecule has 0 aliphatic heterocycles. The monoisotopic (exact) mass is 260 g/mol. The molecule has 0 saturated carbocycles. The van der Waals surface area contributed by atoms with Crippen LogP contribution in [0.4, 0.5) is 5.69 Å². The Balaban J connectivity index is 2.20. The van der Waals surface area contributed by atoms with Crippen molar-refractivity contribution in [1.82, 2.24) is 14.8 Å². The summed E-state index contributed by atoms with van der Waals surface area (Å²) in [7, 11) is 0. The maximum absolute atomic E-state index is 12.0. The van der Waals surface area contributed by atoms with Gasteiger partial charge in [0.25, 0.3) is 11.5 Å². The van der Waals surface area contributed by atoms with Gasteiger partial charge in [-0.2, -0.15) is 5.10 Å². The molecule has 6 nitrogen and oxygen atoms in total. The van der Waals surface area contributed by atoms with Crippen LogP contribution in [-0.2, 0) is 6.54 Å². The Labute approximate surface area is 110 Å². The molecular formula is C13H16N4O2. The van der Waals surface area contributed by atoms with E-state index < -0.39 is 0 Å². The van der Waals surface area contributed by atoms with E-state index >= 15 is 0 Å². The zero-order chi connectivity index (χ0) is 13.8. The zero-order valence-corrected chi connectivity index (χ0v) is 10.9. The average Bonchev–Trinajstić information content (AvgIpc) is 2.80. The van der Waals surface area contributed by atoms with Gasteiger partial charge in [-0.05, 0) is 19.4 Å². The van der Waals surface area contributed by atoms with Gasteiger partial charge in [0.2, 0.25) is 0 Å². The Morgan fingerprint density at radius 2 is 2.26 bits per heavy atom. The fourth-order valence-electron chi connectivity index (χ4n) is 1.80. The first kappa shape index (κ1) is 13.1. The lowest BCUT2D eigenvalue weighted by Crippen LogP contribution is -2.20. The molecule has 0 saturated heterocycles. The summed E-state index contributed by atoms with van der Waals surface area (Å²) in [6, 6.07) is 3.05. The average molecular weight is 260 g/mol. The van der Waals surface area contributed by atoms with Crippen molar-refractivity contribution in [3.8, 4) is 0 Å². The van der Waals surface area contributed by atoms with Crippen molar-refractivity contribution in [2.75, 3.05) is 5.32 Å². The van der Waals surface area contributed by atoms with Crippen LogP contribution >= 0.6 is 0 Å². The molecule has 2 N–H and O–H groups in total. The van der Waals surface area contributed by atoms with E-state index in [4.69, 9.17) is 0 Å². The van der Waals surface area contributed by atoms with E-state index in [0.29, 0.717) is 23.5 Å². The summed E-state index contributed by atoms with van der Waals surface area (Å²) < 4.78 is 1.58. The van der Waals surface area contributed by atoms with Gasteiger partial charge in [0.05, 0.1) is 17.4 Å². The maximum atomic E-state index is 12.0. The van der Waals surface area contributed by atoms with E-state index in [0.717, 1.165) is 6.42 Å². The Bertz CT molecular complexity index is 642. The number of pyridine rings is 1. The van der Waals surface area contributed by atoms with Crippen LogP contribution in [0.25, 0.3) is 0 Å². The van der Waals surface area contributed by atoms with E-state index in [9.17, 15) is 9.59 Å². The number of aromatic amines is 1. The van der Waals surface area contributed by atoms with Crippen LogP contribution in [0, 0.1) is 6.92 Å². The summed E-state index contributed by atoms with van der Waals surface area (Å²) in [5.74, 6) is -0.243. The maximum Gasteiger partial charge on any atom is 0.259 e. The lowest BCUT2D eigenvalue weighted by Gasteiger charge is -2.08. The minimum absolute atomic E-state index is 0.0701. The highest BCUT2D eigenvalue weighted by atomic mass is 16.1. The van der Waals surface area contributed by atoms with Crippen LogP contribution in [0.2, 0.25) is 0 Å². The van der Waals surface area contributed by atoms with Crippen molar-refractivity contribution in [3.63, 3.8) is 0 Å². The number of nitrogens with one attached hydrogen (secondary N) is 2. The van der Waals surface area contributed by atoms with Crippen LogP contribution in [-0.4, -0.2) is 20.7 Å². The highest BCUT2D eigenvalue weighted by Gasteiger charge is 2.11. The lowest BCUT2D eigenvalue weighted by atomic mass is 10.2.